The fourth-order valence-electron chi connectivity index (χ4n) is 2.09. The van der Waals surface area contributed by atoms with E-state index in [0.29, 0.717) is 12.1 Å². The Morgan fingerprint density at radius 2 is 1.89 bits per heavy atom. The van der Waals surface area contributed by atoms with Crippen molar-refractivity contribution in [1.82, 2.24) is 5.32 Å². The molecule has 0 fully saturated rings. The Kier molecular flexibility index (Phi) is 5.46. The molecule has 2 rings (SSSR count). The minimum absolute atomic E-state index is 0.311. The van der Waals surface area contributed by atoms with Crippen LogP contribution in [0.4, 0.5) is 0 Å². The van der Waals surface area contributed by atoms with E-state index in [1.165, 1.54) is 10.4 Å². The first-order chi connectivity index (χ1) is 9.10. The van der Waals surface area contributed by atoms with Gasteiger partial charge in [-0.3, -0.25) is 0 Å². The fraction of sp³-hybridized carbons (Fsp3) is 0.333. The lowest BCUT2D eigenvalue weighted by Crippen LogP contribution is -2.23. The minimum Gasteiger partial charge on any atom is -0.303 e. The van der Waals surface area contributed by atoms with Gasteiger partial charge in [-0.1, -0.05) is 46.6 Å². The van der Waals surface area contributed by atoms with Gasteiger partial charge in [0.15, 0.2) is 0 Å². The minimum atomic E-state index is 0.311. The van der Waals surface area contributed by atoms with Gasteiger partial charge in [-0.2, -0.15) is 0 Å². The van der Waals surface area contributed by atoms with Crippen LogP contribution in [0, 0.1) is 0 Å². The molecular formula is C15H17BrClNS. The van der Waals surface area contributed by atoms with E-state index >= 15 is 0 Å². The maximum Gasteiger partial charge on any atom is 0.0931 e. The lowest BCUT2D eigenvalue weighted by Gasteiger charge is -2.22. The standard InChI is InChI=1S/C15H17BrClNS/c1-3-13(11-4-6-12(16)7-5-11)18-10(2)14-8-9-15(17)19-14/h4-10,13,18H,3H2,1-2H3. The third kappa shape index (κ3) is 4.06. The molecule has 1 aromatic carbocycles. The molecule has 0 bridgehead atoms. The smallest absolute Gasteiger partial charge is 0.0931 e. The highest BCUT2D eigenvalue weighted by molar-refractivity contribution is 9.10. The molecule has 2 atom stereocenters. The van der Waals surface area contributed by atoms with Crippen molar-refractivity contribution < 1.29 is 0 Å². The summed E-state index contributed by atoms with van der Waals surface area (Å²) < 4.78 is 1.96. The van der Waals surface area contributed by atoms with E-state index in [1.54, 1.807) is 11.3 Å². The second-order valence-corrected chi connectivity index (χ2v) is 7.20. The Balaban J connectivity index is 2.08. The van der Waals surface area contributed by atoms with E-state index in [9.17, 15) is 0 Å². The van der Waals surface area contributed by atoms with Gasteiger partial charge >= 0.3 is 0 Å². The van der Waals surface area contributed by atoms with Crippen molar-refractivity contribution in [1.29, 1.82) is 0 Å². The van der Waals surface area contributed by atoms with Crippen LogP contribution in [0.5, 0.6) is 0 Å². The molecule has 1 heterocycles. The van der Waals surface area contributed by atoms with Gasteiger partial charge in [0.1, 0.15) is 0 Å². The highest BCUT2D eigenvalue weighted by Gasteiger charge is 2.15. The number of thiophene rings is 1. The summed E-state index contributed by atoms with van der Waals surface area (Å²) >= 11 is 11.1. The predicted molar refractivity (Wildman–Crippen MR) is 88.1 cm³/mol. The van der Waals surface area contributed by atoms with Gasteiger partial charge in [-0.05, 0) is 43.2 Å². The van der Waals surface area contributed by atoms with E-state index in [-0.39, 0.29) is 0 Å². The molecule has 0 amide bonds. The molecular weight excluding hydrogens is 342 g/mol. The number of hydrogen-bond donors (Lipinski definition) is 1. The average Bonchev–Trinajstić information content (AvgIpc) is 2.84. The monoisotopic (exact) mass is 357 g/mol. The molecule has 0 aliphatic rings. The summed E-state index contributed by atoms with van der Waals surface area (Å²) in [7, 11) is 0. The van der Waals surface area contributed by atoms with E-state index in [0.717, 1.165) is 15.2 Å². The molecule has 2 unspecified atom stereocenters. The molecule has 4 heteroatoms. The van der Waals surface area contributed by atoms with Crippen LogP contribution in [-0.4, -0.2) is 0 Å². The van der Waals surface area contributed by atoms with Crippen molar-refractivity contribution in [2.24, 2.45) is 0 Å². The predicted octanol–water partition coefficient (Wildman–Crippen LogP) is 5.97. The van der Waals surface area contributed by atoms with Gasteiger partial charge in [0, 0.05) is 21.4 Å². The van der Waals surface area contributed by atoms with Crippen molar-refractivity contribution in [3.63, 3.8) is 0 Å². The second-order valence-electron chi connectivity index (χ2n) is 4.54. The summed E-state index contributed by atoms with van der Waals surface area (Å²) in [6.45, 7) is 4.39. The highest BCUT2D eigenvalue weighted by atomic mass is 79.9. The Hall–Kier alpha value is -0.350. The molecule has 1 aromatic heterocycles. The van der Waals surface area contributed by atoms with Crippen LogP contribution in [0.25, 0.3) is 0 Å². The van der Waals surface area contributed by atoms with Crippen LogP contribution in [0.1, 0.15) is 42.8 Å². The first-order valence-electron chi connectivity index (χ1n) is 6.37. The first kappa shape index (κ1) is 15.0. The fourth-order valence-corrected chi connectivity index (χ4v) is 3.43. The lowest BCUT2D eigenvalue weighted by atomic mass is 10.0. The first-order valence-corrected chi connectivity index (χ1v) is 8.35. The van der Waals surface area contributed by atoms with Crippen LogP contribution in [-0.2, 0) is 0 Å². The Morgan fingerprint density at radius 3 is 2.42 bits per heavy atom. The van der Waals surface area contributed by atoms with Gasteiger partial charge in [0.05, 0.1) is 4.34 Å². The van der Waals surface area contributed by atoms with E-state index in [2.05, 4.69) is 65.4 Å². The van der Waals surface area contributed by atoms with E-state index in [1.807, 2.05) is 6.07 Å². The van der Waals surface area contributed by atoms with Crippen molar-refractivity contribution in [3.8, 4) is 0 Å². The van der Waals surface area contributed by atoms with Crippen molar-refractivity contribution in [2.75, 3.05) is 0 Å². The van der Waals surface area contributed by atoms with Gasteiger partial charge in [0.25, 0.3) is 0 Å². The third-order valence-corrected chi connectivity index (χ3v) is 5.10. The summed E-state index contributed by atoms with van der Waals surface area (Å²) in [4.78, 5) is 1.28. The number of hydrogen-bond acceptors (Lipinski definition) is 2. The number of halogens is 2. The van der Waals surface area contributed by atoms with Crippen LogP contribution >= 0.6 is 38.9 Å². The Bertz CT molecular complexity index is 523. The molecule has 0 saturated heterocycles. The lowest BCUT2D eigenvalue weighted by molar-refractivity contribution is 0.460. The molecule has 19 heavy (non-hydrogen) atoms. The van der Waals surface area contributed by atoms with Gasteiger partial charge in [-0.15, -0.1) is 11.3 Å². The summed E-state index contributed by atoms with van der Waals surface area (Å²) in [6.07, 6.45) is 1.06. The topological polar surface area (TPSA) is 12.0 Å². The van der Waals surface area contributed by atoms with Gasteiger partial charge in [-0.25, -0.2) is 0 Å². The van der Waals surface area contributed by atoms with E-state index < -0.39 is 0 Å². The Labute approximate surface area is 132 Å². The third-order valence-electron chi connectivity index (χ3n) is 3.15. The zero-order chi connectivity index (χ0) is 13.8. The van der Waals surface area contributed by atoms with Gasteiger partial charge in [0.2, 0.25) is 0 Å². The van der Waals surface area contributed by atoms with Crippen molar-refractivity contribution in [2.45, 2.75) is 32.4 Å². The number of nitrogens with one attached hydrogen (secondary N) is 1. The molecule has 0 aliphatic heterocycles. The molecule has 2 aromatic rings. The van der Waals surface area contributed by atoms with Crippen LogP contribution in [0.3, 0.4) is 0 Å². The van der Waals surface area contributed by atoms with Crippen LogP contribution in [0.15, 0.2) is 40.9 Å². The van der Waals surface area contributed by atoms with Crippen molar-refractivity contribution in [3.05, 3.63) is 55.6 Å². The van der Waals surface area contributed by atoms with E-state index in [4.69, 9.17) is 11.6 Å². The summed E-state index contributed by atoms with van der Waals surface area (Å²) in [5.41, 5.74) is 1.32. The average molecular weight is 359 g/mol. The zero-order valence-corrected chi connectivity index (χ0v) is 14.1. The molecule has 0 saturated carbocycles. The van der Waals surface area contributed by atoms with Crippen molar-refractivity contribution >= 4 is 38.9 Å². The number of benzene rings is 1. The molecule has 0 spiro atoms. The molecule has 1 nitrogen and oxygen atoms in total. The largest absolute Gasteiger partial charge is 0.303 e. The zero-order valence-electron chi connectivity index (χ0n) is 11.0. The summed E-state index contributed by atoms with van der Waals surface area (Å²) in [5, 5.41) is 3.67. The Morgan fingerprint density at radius 1 is 1.21 bits per heavy atom. The normalized spacial score (nSPS) is 14.3. The van der Waals surface area contributed by atoms with Crippen LogP contribution < -0.4 is 5.32 Å². The summed E-state index contributed by atoms with van der Waals surface area (Å²) in [5.74, 6) is 0. The number of rotatable bonds is 5. The van der Waals surface area contributed by atoms with Gasteiger partial charge < -0.3 is 5.32 Å². The molecule has 102 valence electrons. The highest BCUT2D eigenvalue weighted by Crippen LogP contribution is 2.29. The maximum atomic E-state index is 5.99. The molecule has 0 aliphatic carbocycles. The van der Waals surface area contributed by atoms with Crippen LogP contribution in [0.2, 0.25) is 4.34 Å². The molecule has 0 radical (unpaired) electrons. The summed E-state index contributed by atoms with van der Waals surface area (Å²) in [6, 6.07) is 13.2. The SMILES string of the molecule is CCC(NC(C)c1ccc(Cl)s1)c1ccc(Br)cc1. The maximum absolute atomic E-state index is 5.99. The molecule has 1 N–H and O–H groups in total. The second kappa shape index (κ2) is 6.89. The quantitative estimate of drug-likeness (QED) is 0.694.